The molecule has 20 heavy (non-hydrogen) atoms. The second-order valence-corrected chi connectivity index (χ2v) is 5.14. The maximum Gasteiger partial charge on any atom is 0.338 e. The van der Waals surface area contributed by atoms with Gasteiger partial charge in [0.05, 0.1) is 16.6 Å². The van der Waals surface area contributed by atoms with Crippen LogP contribution < -0.4 is 0 Å². The molecule has 2 N–H and O–H groups in total. The van der Waals surface area contributed by atoms with Crippen molar-refractivity contribution < 1.29 is 14.3 Å². The fourth-order valence-electron chi connectivity index (χ4n) is 2.64. The van der Waals surface area contributed by atoms with Crippen molar-refractivity contribution in [3.8, 4) is 0 Å². The molecule has 0 aliphatic carbocycles. The van der Waals surface area contributed by atoms with E-state index < -0.39 is 11.8 Å². The lowest BCUT2D eigenvalue weighted by atomic mass is 10.2. The maximum absolute atomic E-state index is 13.6. The Morgan fingerprint density at radius 3 is 2.85 bits per heavy atom. The summed E-state index contributed by atoms with van der Waals surface area (Å²) in [5.74, 6) is -1.24. The number of H-pyrrole nitrogens is 1. The molecule has 0 saturated carbocycles. The minimum absolute atomic E-state index is 0.338. The summed E-state index contributed by atoms with van der Waals surface area (Å²) in [5, 5.41) is 8.89. The lowest BCUT2D eigenvalue weighted by molar-refractivity contribution is 0.0692. The molecule has 1 fully saturated rings. The number of aromatic amines is 1. The van der Waals surface area contributed by atoms with E-state index in [1.165, 1.54) is 25.0 Å². The number of carbonyl (C=O) groups is 1. The molecule has 0 bridgehead atoms. The minimum atomic E-state index is -1.27. The van der Waals surface area contributed by atoms with Crippen molar-refractivity contribution in [2.75, 3.05) is 19.6 Å². The van der Waals surface area contributed by atoms with Gasteiger partial charge in [-0.25, -0.2) is 14.2 Å². The number of carboxylic acid groups (broad SMARTS) is 1. The number of halogens is 1. The van der Waals surface area contributed by atoms with Gasteiger partial charge in [0.1, 0.15) is 11.6 Å². The molecular weight excluding hydrogens is 261 g/mol. The number of imidazole rings is 1. The summed E-state index contributed by atoms with van der Waals surface area (Å²) in [6.45, 7) is 3.17. The van der Waals surface area contributed by atoms with Crippen molar-refractivity contribution in [2.24, 2.45) is 0 Å². The summed E-state index contributed by atoms with van der Waals surface area (Å²) >= 11 is 0. The van der Waals surface area contributed by atoms with Crippen molar-refractivity contribution >= 4 is 17.0 Å². The van der Waals surface area contributed by atoms with Crippen molar-refractivity contribution in [1.82, 2.24) is 14.9 Å². The Labute approximate surface area is 115 Å². The number of rotatable bonds is 4. The average Bonchev–Trinajstić information content (AvgIpc) is 3.03. The predicted molar refractivity (Wildman–Crippen MR) is 72.4 cm³/mol. The number of nitrogens with one attached hydrogen (secondary N) is 1. The van der Waals surface area contributed by atoms with Gasteiger partial charge in [-0.15, -0.1) is 0 Å². The highest BCUT2D eigenvalue weighted by Crippen LogP contribution is 2.18. The highest BCUT2D eigenvalue weighted by atomic mass is 19.1. The molecule has 1 aromatic carbocycles. The van der Waals surface area contributed by atoms with Gasteiger partial charge < -0.3 is 15.0 Å². The van der Waals surface area contributed by atoms with Gasteiger partial charge in [-0.1, -0.05) is 0 Å². The van der Waals surface area contributed by atoms with Crippen molar-refractivity contribution in [3.63, 3.8) is 0 Å². The molecule has 5 nitrogen and oxygen atoms in total. The Morgan fingerprint density at radius 2 is 2.15 bits per heavy atom. The molecule has 1 saturated heterocycles. The SMILES string of the molecule is O=C(O)c1cc2nc(CCN3CCCC3)[nH]c2cc1F. The Kier molecular flexibility index (Phi) is 3.40. The van der Waals surface area contributed by atoms with Gasteiger partial charge in [0.15, 0.2) is 0 Å². The number of aromatic nitrogens is 2. The predicted octanol–water partition coefficient (Wildman–Crippen LogP) is 2.04. The van der Waals surface area contributed by atoms with Crippen LogP contribution in [0.5, 0.6) is 0 Å². The molecule has 6 heteroatoms. The first kappa shape index (κ1) is 13.1. The zero-order valence-electron chi connectivity index (χ0n) is 11.0. The number of hydrogen-bond acceptors (Lipinski definition) is 3. The van der Waals surface area contributed by atoms with Crippen LogP contribution >= 0.6 is 0 Å². The first-order valence-corrected chi connectivity index (χ1v) is 6.77. The lowest BCUT2D eigenvalue weighted by Crippen LogP contribution is -2.22. The third-order valence-electron chi connectivity index (χ3n) is 3.71. The Hall–Kier alpha value is -1.95. The highest BCUT2D eigenvalue weighted by Gasteiger charge is 2.15. The van der Waals surface area contributed by atoms with Gasteiger partial charge in [0.25, 0.3) is 0 Å². The van der Waals surface area contributed by atoms with E-state index in [0.29, 0.717) is 11.0 Å². The van der Waals surface area contributed by atoms with Gasteiger partial charge in [0, 0.05) is 19.0 Å². The molecular formula is C14H16FN3O2. The molecule has 106 valence electrons. The lowest BCUT2D eigenvalue weighted by Gasteiger charge is -2.12. The van der Waals surface area contributed by atoms with Gasteiger partial charge in [-0.3, -0.25) is 0 Å². The Bertz CT molecular complexity index is 647. The van der Waals surface area contributed by atoms with Crippen LogP contribution in [0, 0.1) is 5.82 Å². The largest absolute Gasteiger partial charge is 0.478 e. The molecule has 2 heterocycles. The van der Waals surface area contributed by atoms with E-state index in [9.17, 15) is 9.18 Å². The third-order valence-corrected chi connectivity index (χ3v) is 3.71. The number of nitrogens with zero attached hydrogens (tertiary/aromatic N) is 2. The van der Waals surface area contributed by atoms with E-state index in [2.05, 4.69) is 14.9 Å². The number of carboxylic acids is 1. The molecule has 0 radical (unpaired) electrons. The quantitative estimate of drug-likeness (QED) is 0.897. The van der Waals surface area contributed by atoms with E-state index in [4.69, 9.17) is 5.11 Å². The van der Waals surface area contributed by atoms with Crippen LogP contribution in [-0.2, 0) is 6.42 Å². The van der Waals surface area contributed by atoms with Crippen LogP contribution in [0.2, 0.25) is 0 Å². The van der Waals surface area contributed by atoms with Crippen molar-refractivity contribution in [1.29, 1.82) is 0 Å². The average molecular weight is 277 g/mol. The summed E-state index contributed by atoms with van der Waals surface area (Å²) in [6.07, 6.45) is 3.25. The first-order valence-electron chi connectivity index (χ1n) is 6.77. The summed E-state index contributed by atoms with van der Waals surface area (Å²) in [6, 6.07) is 2.48. The fraction of sp³-hybridized carbons (Fsp3) is 0.429. The standard InChI is InChI=1S/C14H16FN3O2/c15-10-8-12-11(7-9(10)14(19)20)16-13(17-12)3-6-18-4-1-2-5-18/h7-8H,1-6H2,(H,16,17)(H,19,20). The molecule has 0 atom stereocenters. The fourth-order valence-corrected chi connectivity index (χ4v) is 2.64. The second-order valence-electron chi connectivity index (χ2n) is 5.14. The highest BCUT2D eigenvalue weighted by molar-refractivity contribution is 5.92. The van der Waals surface area contributed by atoms with Crippen LogP contribution in [0.15, 0.2) is 12.1 Å². The number of fused-ring (bicyclic) bond motifs is 1. The zero-order chi connectivity index (χ0) is 14.1. The van der Waals surface area contributed by atoms with Crippen LogP contribution in [0.25, 0.3) is 11.0 Å². The van der Waals surface area contributed by atoms with Gasteiger partial charge in [0.2, 0.25) is 0 Å². The van der Waals surface area contributed by atoms with Crippen molar-refractivity contribution in [3.05, 3.63) is 29.3 Å². The molecule has 3 rings (SSSR count). The smallest absolute Gasteiger partial charge is 0.338 e. The molecule has 1 aromatic heterocycles. The second kappa shape index (κ2) is 5.20. The number of likely N-dealkylation sites (tertiary alicyclic amines) is 1. The van der Waals surface area contributed by atoms with Crippen LogP contribution in [-0.4, -0.2) is 45.6 Å². The van der Waals surface area contributed by atoms with Crippen LogP contribution in [0.1, 0.15) is 29.0 Å². The summed E-state index contributed by atoms with van der Waals surface area (Å²) in [4.78, 5) is 20.7. The normalized spacial score (nSPS) is 16.1. The molecule has 0 unspecified atom stereocenters. The number of hydrogen-bond donors (Lipinski definition) is 2. The van der Waals surface area contributed by atoms with E-state index in [-0.39, 0.29) is 5.56 Å². The van der Waals surface area contributed by atoms with E-state index in [0.717, 1.165) is 31.9 Å². The minimum Gasteiger partial charge on any atom is -0.478 e. The molecule has 0 spiro atoms. The van der Waals surface area contributed by atoms with E-state index >= 15 is 0 Å². The molecule has 1 aliphatic heterocycles. The van der Waals surface area contributed by atoms with Gasteiger partial charge in [-0.2, -0.15) is 0 Å². The van der Waals surface area contributed by atoms with Gasteiger partial charge in [-0.05, 0) is 32.0 Å². The summed E-state index contributed by atoms with van der Waals surface area (Å²) in [7, 11) is 0. The van der Waals surface area contributed by atoms with Crippen LogP contribution in [0.4, 0.5) is 4.39 Å². The number of benzene rings is 1. The maximum atomic E-state index is 13.6. The molecule has 2 aromatic rings. The number of aromatic carboxylic acids is 1. The topological polar surface area (TPSA) is 69.2 Å². The van der Waals surface area contributed by atoms with Crippen molar-refractivity contribution in [2.45, 2.75) is 19.3 Å². The third kappa shape index (κ3) is 2.51. The molecule has 1 aliphatic rings. The monoisotopic (exact) mass is 277 g/mol. The van der Waals surface area contributed by atoms with E-state index in [1.54, 1.807) is 0 Å². The van der Waals surface area contributed by atoms with E-state index in [1.807, 2.05) is 0 Å². The Morgan fingerprint density at radius 1 is 1.40 bits per heavy atom. The Balaban J connectivity index is 1.81. The van der Waals surface area contributed by atoms with Gasteiger partial charge >= 0.3 is 5.97 Å². The first-order chi connectivity index (χ1) is 9.63. The summed E-state index contributed by atoms with van der Waals surface area (Å²) in [5.41, 5.74) is 0.708. The zero-order valence-corrected chi connectivity index (χ0v) is 11.0. The summed E-state index contributed by atoms with van der Waals surface area (Å²) < 4.78 is 13.6. The van der Waals surface area contributed by atoms with Crippen LogP contribution in [0.3, 0.4) is 0 Å². The molecule has 0 amide bonds.